The van der Waals surface area contributed by atoms with Gasteiger partial charge in [0.15, 0.2) is 5.15 Å². The van der Waals surface area contributed by atoms with Crippen LogP contribution < -0.4 is 5.56 Å². The molecule has 0 atom stereocenters. The summed E-state index contributed by atoms with van der Waals surface area (Å²) in [5, 5.41) is 4.84. The van der Waals surface area contributed by atoms with Crippen molar-refractivity contribution >= 4 is 39.1 Å². The summed E-state index contributed by atoms with van der Waals surface area (Å²) in [7, 11) is 1.75. The Bertz CT molecular complexity index is 665. The lowest BCUT2D eigenvalue weighted by molar-refractivity contribution is 0.726. The maximum atomic E-state index is 11.9. The molecule has 0 saturated heterocycles. The highest BCUT2D eigenvalue weighted by Gasteiger charge is 2.14. The minimum absolute atomic E-state index is 0.144. The van der Waals surface area contributed by atoms with Gasteiger partial charge in [0, 0.05) is 12.6 Å². The van der Waals surface area contributed by atoms with Crippen molar-refractivity contribution in [3.8, 4) is 0 Å². The minimum atomic E-state index is -0.255. The highest BCUT2D eigenvalue weighted by Crippen LogP contribution is 2.20. The number of aromatic nitrogens is 4. The molecule has 0 aliphatic carbocycles. The van der Waals surface area contributed by atoms with E-state index in [9.17, 15) is 4.79 Å². The zero-order chi connectivity index (χ0) is 13.4. The van der Waals surface area contributed by atoms with Gasteiger partial charge in [0.1, 0.15) is 9.63 Å². The molecule has 0 unspecified atom stereocenters. The summed E-state index contributed by atoms with van der Waals surface area (Å²) >= 11 is 15.0. The third-order valence-corrected chi connectivity index (χ3v) is 4.24. The highest BCUT2D eigenvalue weighted by atomic mass is 79.9. The molecule has 2 rings (SSSR count). The number of halogens is 3. The van der Waals surface area contributed by atoms with Crippen LogP contribution >= 0.6 is 39.1 Å². The molecular weight excluding hydrogens is 343 g/mol. The van der Waals surface area contributed by atoms with Gasteiger partial charge in [-0.15, -0.1) is 0 Å². The van der Waals surface area contributed by atoms with E-state index in [4.69, 9.17) is 23.2 Å². The van der Waals surface area contributed by atoms with E-state index >= 15 is 0 Å². The minimum Gasteiger partial charge on any atom is -0.294 e. The van der Waals surface area contributed by atoms with Crippen LogP contribution in [0, 0.1) is 6.92 Å². The van der Waals surface area contributed by atoms with Crippen LogP contribution in [0.2, 0.25) is 10.3 Å². The average molecular weight is 352 g/mol. The largest absolute Gasteiger partial charge is 0.294 e. The van der Waals surface area contributed by atoms with Gasteiger partial charge >= 0.3 is 0 Å². The van der Waals surface area contributed by atoms with E-state index < -0.39 is 0 Å². The zero-order valence-corrected chi connectivity index (χ0v) is 12.7. The second-order valence-corrected chi connectivity index (χ2v) is 5.27. The third kappa shape index (κ3) is 2.32. The van der Waals surface area contributed by atoms with Gasteiger partial charge in [-0.05, 0) is 22.9 Å². The smallest absolute Gasteiger partial charge is 0.269 e. The van der Waals surface area contributed by atoms with Crippen molar-refractivity contribution in [1.82, 2.24) is 19.3 Å². The molecule has 0 aliphatic heterocycles. The Morgan fingerprint density at radius 3 is 2.67 bits per heavy atom. The van der Waals surface area contributed by atoms with Gasteiger partial charge in [0.2, 0.25) is 0 Å². The molecule has 0 bridgehead atoms. The second kappa shape index (κ2) is 5.03. The fourth-order valence-electron chi connectivity index (χ4n) is 1.58. The van der Waals surface area contributed by atoms with Crippen molar-refractivity contribution in [3.05, 3.63) is 42.7 Å². The van der Waals surface area contributed by atoms with Gasteiger partial charge in [-0.3, -0.25) is 14.0 Å². The number of aryl methyl sites for hydroxylation is 2. The third-order valence-electron chi connectivity index (χ3n) is 2.54. The summed E-state index contributed by atoms with van der Waals surface area (Å²) in [6, 6.07) is 0. The maximum Gasteiger partial charge on any atom is 0.269 e. The molecule has 0 saturated carbocycles. The standard InChI is InChI=1S/C10H9BrCl2N4O/c1-5-6(9(13)16(2)15-5)3-17-4-14-8(12)7(11)10(17)18/h4H,3H2,1-2H3. The van der Waals surface area contributed by atoms with E-state index in [1.807, 2.05) is 6.92 Å². The van der Waals surface area contributed by atoms with Crippen molar-refractivity contribution in [2.45, 2.75) is 13.5 Å². The first-order valence-electron chi connectivity index (χ1n) is 5.00. The molecule has 0 radical (unpaired) electrons. The summed E-state index contributed by atoms with van der Waals surface area (Å²) in [5.74, 6) is 0. The highest BCUT2D eigenvalue weighted by molar-refractivity contribution is 9.10. The van der Waals surface area contributed by atoms with E-state index in [1.165, 1.54) is 10.9 Å². The van der Waals surface area contributed by atoms with E-state index in [0.29, 0.717) is 11.7 Å². The normalized spacial score (nSPS) is 10.9. The summed E-state index contributed by atoms with van der Waals surface area (Å²) in [4.78, 5) is 15.9. The molecule has 0 aromatic carbocycles. The number of rotatable bonds is 2. The first-order chi connectivity index (χ1) is 8.41. The first kappa shape index (κ1) is 13.6. The topological polar surface area (TPSA) is 52.7 Å². The summed E-state index contributed by atoms with van der Waals surface area (Å²) < 4.78 is 3.23. The fraction of sp³-hybridized carbons (Fsp3) is 0.300. The molecule has 96 valence electrons. The Morgan fingerprint density at radius 2 is 2.11 bits per heavy atom. The number of hydrogen-bond donors (Lipinski definition) is 0. The molecule has 0 N–H and O–H groups in total. The fourth-order valence-corrected chi connectivity index (χ4v) is 2.27. The second-order valence-electron chi connectivity index (χ2n) is 3.76. The summed E-state index contributed by atoms with van der Waals surface area (Å²) in [6.07, 6.45) is 1.39. The summed E-state index contributed by atoms with van der Waals surface area (Å²) in [5.41, 5.74) is 1.31. The van der Waals surface area contributed by atoms with Crippen LogP contribution in [0.25, 0.3) is 0 Å². The Hall–Kier alpha value is -0.850. The molecule has 0 fully saturated rings. The van der Waals surface area contributed by atoms with Crippen molar-refractivity contribution in [2.75, 3.05) is 0 Å². The van der Waals surface area contributed by atoms with Gasteiger partial charge < -0.3 is 0 Å². The SMILES string of the molecule is Cc1nn(C)c(Cl)c1Cn1cnc(Cl)c(Br)c1=O. The molecular formula is C10H9BrCl2N4O. The van der Waals surface area contributed by atoms with Crippen LogP contribution in [0.4, 0.5) is 0 Å². The Balaban J connectivity index is 2.47. The Kier molecular flexibility index (Phi) is 3.79. The molecule has 2 aromatic heterocycles. The lowest BCUT2D eigenvalue weighted by Gasteiger charge is -2.06. The van der Waals surface area contributed by atoms with Crippen molar-refractivity contribution in [2.24, 2.45) is 7.05 Å². The molecule has 8 heteroatoms. The Labute approximate surface area is 121 Å². The summed E-state index contributed by atoms with van der Waals surface area (Å²) in [6.45, 7) is 2.14. The average Bonchev–Trinajstić information content (AvgIpc) is 2.56. The monoisotopic (exact) mass is 350 g/mol. The quantitative estimate of drug-likeness (QED) is 0.780. The number of hydrogen-bond acceptors (Lipinski definition) is 3. The molecule has 5 nitrogen and oxygen atoms in total. The predicted molar refractivity (Wildman–Crippen MR) is 73.3 cm³/mol. The van der Waals surface area contributed by atoms with Crippen LogP contribution in [0.5, 0.6) is 0 Å². The van der Waals surface area contributed by atoms with E-state index in [0.717, 1.165) is 11.3 Å². The first-order valence-corrected chi connectivity index (χ1v) is 6.55. The van der Waals surface area contributed by atoms with Crippen molar-refractivity contribution in [1.29, 1.82) is 0 Å². The van der Waals surface area contributed by atoms with E-state index in [2.05, 4.69) is 26.0 Å². The molecule has 0 spiro atoms. The molecule has 2 aromatic rings. The van der Waals surface area contributed by atoms with Crippen LogP contribution in [-0.4, -0.2) is 19.3 Å². The molecule has 18 heavy (non-hydrogen) atoms. The van der Waals surface area contributed by atoms with Gasteiger partial charge in [0.25, 0.3) is 5.56 Å². The van der Waals surface area contributed by atoms with Crippen molar-refractivity contribution < 1.29 is 0 Å². The van der Waals surface area contributed by atoms with Gasteiger partial charge in [-0.2, -0.15) is 5.10 Å². The lowest BCUT2D eigenvalue weighted by atomic mass is 10.2. The van der Waals surface area contributed by atoms with E-state index in [-0.39, 0.29) is 15.2 Å². The zero-order valence-electron chi connectivity index (χ0n) is 9.62. The van der Waals surface area contributed by atoms with Gasteiger partial charge in [-0.25, -0.2) is 4.98 Å². The van der Waals surface area contributed by atoms with Crippen LogP contribution in [0.3, 0.4) is 0 Å². The maximum absolute atomic E-state index is 11.9. The number of nitrogens with zero attached hydrogens (tertiary/aromatic N) is 4. The van der Waals surface area contributed by atoms with Crippen LogP contribution in [0.15, 0.2) is 15.6 Å². The van der Waals surface area contributed by atoms with Gasteiger partial charge in [-0.1, -0.05) is 23.2 Å². The van der Waals surface area contributed by atoms with Gasteiger partial charge in [0.05, 0.1) is 18.6 Å². The van der Waals surface area contributed by atoms with Crippen LogP contribution in [-0.2, 0) is 13.6 Å². The molecule has 0 amide bonds. The lowest BCUT2D eigenvalue weighted by Crippen LogP contribution is -2.22. The molecule has 0 aliphatic rings. The van der Waals surface area contributed by atoms with Crippen molar-refractivity contribution in [3.63, 3.8) is 0 Å². The predicted octanol–water partition coefficient (Wildman–Crippen LogP) is 2.40. The Morgan fingerprint density at radius 1 is 1.44 bits per heavy atom. The van der Waals surface area contributed by atoms with E-state index in [1.54, 1.807) is 11.7 Å². The van der Waals surface area contributed by atoms with Crippen LogP contribution in [0.1, 0.15) is 11.3 Å². The molecule has 2 heterocycles.